The van der Waals surface area contributed by atoms with Crippen molar-refractivity contribution in [3.63, 3.8) is 0 Å². The van der Waals surface area contributed by atoms with Crippen molar-refractivity contribution in [1.29, 1.82) is 0 Å². The fourth-order valence-corrected chi connectivity index (χ4v) is 3.67. The number of aromatic nitrogens is 2. The van der Waals surface area contributed by atoms with Crippen molar-refractivity contribution in [2.45, 2.75) is 11.8 Å². The molecule has 4 rings (SSSR count). The Bertz CT molecular complexity index is 1190. The molecular formula is C23H19ClN4O2S. The number of ether oxygens (including phenoxy) is 1. The number of nitrogens with zero attached hydrogens (tertiary/aromatic N) is 2. The molecule has 6 nitrogen and oxygen atoms in total. The molecule has 0 saturated carbocycles. The van der Waals surface area contributed by atoms with E-state index in [0.717, 1.165) is 22.2 Å². The number of thioether (sulfide) groups is 1. The van der Waals surface area contributed by atoms with Crippen LogP contribution in [0, 0.1) is 0 Å². The fraction of sp³-hybridized carbons (Fsp3) is 0.0870. The zero-order valence-corrected chi connectivity index (χ0v) is 18.0. The summed E-state index contributed by atoms with van der Waals surface area (Å²) in [5.74, 6) is 0.682. The lowest BCUT2D eigenvalue weighted by molar-refractivity contribution is -0.118. The predicted molar refractivity (Wildman–Crippen MR) is 125 cm³/mol. The Hall–Kier alpha value is -3.29. The van der Waals surface area contributed by atoms with Gasteiger partial charge in [0.2, 0.25) is 0 Å². The third-order valence-electron chi connectivity index (χ3n) is 4.32. The summed E-state index contributed by atoms with van der Waals surface area (Å²) in [6.07, 6.45) is 1.58. The average Bonchev–Trinajstić information content (AvgIpc) is 3.21. The van der Waals surface area contributed by atoms with E-state index < -0.39 is 0 Å². The highest BCUT2D eigenvalue weighted by molar-refractivity contribution is 7.99. The average molecular weight is 451 g/mol. The van der Waals surface area contributed by atoms with Crippen LogP contribution in [0.1, 0.15) is 11.1 Å². The summed E-state index contributed by atoms with van der Waals surface area (Å²) in [5, 5.41) is 5.39. The molecule has 8 heteroatoms. The van der Waals surface area contributed by atoms with E-state index in [-0.39, 0.29) is 11.7 Å². The van der Waals surface area contributed by atoms with Gasteiger partial charge in [-0.15, -0.1) is 0 Å². The molecule has 2 N–H and O–H groups in total. The predicted octanol–water partition coefficient (Wildman–Crippen LogP) is 5.04. The maximum atomic E-state index is 12.1. The van der Waals surface area contributed by atoms with E-state index >= 15 is 0 Å². The maximum absolute atomic E-state index is 12.1. The summed E-state index contributed by atoms with van der Waals surface area (Å²) in [4.78, 5) is 19.7. The number of fused-ring (bicyclic) bond motifs is 1. The van der Waals surface area contributed by atoms with E-state index in [1.165, 1.54) is 11.8 Å². The zero-order valence-electron chi connectivity index (χ0n) is 16.4. The molecule has 0 aliphatic carbocycles. The number of amides is 1. The molecule has 156 valence electrons. The van der Waals surface area contributed by atoms with Crippen LogP contribution in [0.2, 0.25) is 5.02 Å². The highest BCUT2D eigenvalue weighted by atomic mass is 35.5. The SMILES string of the molecule is O=C(CSc1nc2ccccc2[nH]1)N/N=C/c1cccc(OCc2ccccc2Cl)c1. The number of carbonyl (C=O) groups is 1. The summed E-state index contributed by atoms with van der Waals surface area (Å²) in [6, 6.07) is 22.7. The second-order valence-electron chi connectivity index (χ2n) is 6.59. The van der Waals surface area contributed by atoms with Crippen LogP contribution in [0.5, 0.6) is 5.75 Å². The van der Waals surface area contributed by atoms with Crippen LogP contribution in [0.15, 0.2) is 83.1 Å². The maximum Gasteiger partial charge on any atom is 0.250 e. The fourth-order valence-electron chi connectivity index (χ4n) is 2.80. The number of hydrogen-bond donors (Lipinski definition) is 2. The van der Waals surface area contributed by atoms with Gasteiger partial charge in [-0.3, -0.25) is 4.79 Å². The minimum atomic E-state index is -0.215. The lowest BCUT2D eigenvalue weighted by Crippen LogP contribution is -2.19. The van der Waals surface area contributed by atoms with Gasteiger partial charge in [-0.2, -0.15) is 5.10 Å². The van der Waals surface area contributed by atoms with E-state index in [9.17, 15) is 4.79 Å². The van der Waals surface area contributed by atoms with Crippen LogP contribution in [-0.2, 0) is 11.4 Å². The Labute approximate surface area is 188 Å². The Morgan fingerprint density at radius 2 is 1.97 bits per heavy atom. The van der Waals surface area contributed by atoms with Gasteiger partial charge in [0.05, 0.1) is 23.0 Å². The molecule has 4 aromatic rings. The van der Waals surface area contributed by atoms with Gasteiger partial charge in [0.25, 0.3) is 5.91 Å². The topological polar surface area (TPSA) is 79.4 Å². The lowest BCUT2D eigenvalue weighted by Gasteiger charge is -2.08. The third kappa shape index (κ3) is 5.87. The van der Waals surface area contributed by atoms with Gasteiger partial charge in [0, 0.05) is 10.6 Å². The molecule has 0 spiro atoms. The number of hydrogen-bond acceptors (Lipinski definition) is 5. The van der Waals surface area contributed by atoms with Crippen LogP contribution in [-0.4, -0.2) is 27.8 Å². The van der Waals surface area contributed by atoms with Crippen LogP contribution < -0.4 is 10.2 Å². The van der Waals surface area contributed by atoms with Gasteiger partial charge in [-0.25, -0.2) is 10.4 Å². The molecule has 31 heavy (non-hydrogen) atoms. The number of nitrogens with one attached hydrogen (secondary N) is 2. The number of para-hydroxylation sites is 2. The van der Waals surface area contributed by atoms with E-state index in [1.54, 1.807) is 6.21 Å². The number of benzene rings is 3. The largest absolute Gasteiger partial charge is 0.489 e. The monoisotopic (exact) mass is 450 g/mol. The number of rotatable bonds is 8. The number of aromatic amines is 1. The van der Waals surface area contributed by atoms with Crippen LogP contribution >= 0.6 is 23.4 Å². The van der Waals surface area contributed by atoms with Gasteiger partial charge in [0.1, 0.15) is 12.4 Å². The van der Waals surface area contributed by atoms with Crippen LogP contribution in [0.25, 0.3) is 11.0 Å². The summed E-state index contributed by atoms with van der Waals surface area (Å²) in [6.45, 7) is 0.371. The van der Waals surface area contributed by atoms with Gasteiger partial charge >= 0.3 is 0 Å². The minimum absolute atomic E-state index is 0.206. The van der Waals surface area contributed by atoms with Crippen molar-refractivity contribution >= 4 is 46.5 Å². The molecule has 0 aliphatic heterocycles. The summed E-state index contributed by atoms with van der Waals surface area (Å²) in [7, 11) is 0. The summed E-state index contributed by atoms with van der Waals surface area (Å²) >= 11 is 7.48. The number of carbonyl (C=O) groups excluding carboxylic acids is 1. The number of imidazole rings is 1. The van der Waals surface area contributed by atoms with Gasteiger partial charge < -0.3 is 9.72 Å². The zero-order chi connectivity index (χ0) is 21.5. The van der Waals surface area contributed by atoms with Crippen molar-refractivity contribution in [2.75, 3.05) is 5.75 Å². The normalized spacial score (nSPS) is 11.1. The van der Waals surface area contributed by atoms with E-state index in [2.05, 4.69) is 20.5 Å². The first-order chi connectivity index (χ1) is 15.2. The second-order valence-corrected chi connectivity index (χ2v) is 7.96. The molecule has 3 aromatic carbocycles. The molecule has 1 aromatic heterocycles. The molecule has 0 radical (unpaired) electrons. The van der Waals surface area contributed by atoms with Crippen molar-refractivity contribution in [3.05, 3.63) is 88.9 Å². The quantitative estimate of drug-likeness (QED) is 0.224. The number of halogens is 1. The van der Waals surface area contributed by atoms with Gasteiger partial charge in [-0.1, -0.05) is 65.8 Å². The Balaban J connectivity index is 1.26. The molecule has 0 atom stereocenters. The summed E-state index contributed by atoms with van der Waals surface area (Å²) in [5.41, 5.74) is 6.07. The van der Waals surface area contributed by atoms with Crippen LogP contribution in [0.4, 0.5) is 0 Å². The third-order valence-corrected chi connectivity index (χ3v) is 5.56. The standard InChI is InChI=1S/C23H19ClN4O2S/c24-19-9-2-1-7-17(19)14-30-18-8-5-6-16(12-18)13-25-28-22(29)15-31-23-26-20-10-3-4-11-21(20)27-23/h1-13H,14-15H2,(H,26,27)(H,28,29)/b25-13+. The van der Waals surface area contributed by atoms with Gasteiger partial charge in [0.15, 0.2) is 5.16 Å². The molecule has 0 bridgehead atoms. The van der Waals surface area contributed by atoms with E-state index in [1.807, 2.05) is 72.8 Å². The van der Waals surface area contributed by atoms with Crippen molar-refractivity contribution < 1.29 is 9.53 Å². The smallest absolute Gasteiger partial charge is 0.250 e. The van der Waals surface area contributed by atoms with Crippen molar-refractivity contribution in [2.24, 2.45) is 5.10 Å². The Morgan fingerprint density at radius 3 is 2.84 bits per heavy atom. The molecule has 1 amide bonds. The highest BCUT2D eigenvalue weighted by Gasteiger charge is 2.06. The molecule has 0 aliphatic rings. The first-order valence-corrected chi connectivity index (χ1v) is 10.9. The van der Waals surface area contributed by atoms with E-state index in [4.69, 9.17) is 16.3 Å². The number of hydrazone groups is 1. The number of H-pyrrole nitrogens is 1. The molecule has 0 fully saturated rings. The van der Waals surface area contributed by atoms with Crippen molar-refractivity contribution in [3.8, 4) is 5.75 Å². The molecule has 0 unspecified atom stereocenters. The highest BCUT2D eigenvalue weighted by Crippen LogP contribution is 2.20. The van der Waals surface area contributed by atoms with Gasteiger partial charge in [-0.05, 0) is 35.9 Å². The Kier molecular flexibility index (Phi) is 6.86. The minimum Gasteiger partial charge on any atom is -0.489 e. The lowest BCUT2D eigenvalue weighted by atomic mass is 10.2. The molecule has 0 saturated heterocycles. The van der Waals surface area contributed by atoms with Crippen molar-refractivity contribution in [1.82, 2.24) is 15.4 Å². The first kappa shape index (κ1) is 21.0. The first-order valence-electron chi connectivity index (χ1n) is 9.53. The second kappa shape index (κ2) is 10.1. The van der Waals surface area contributed by atoms with Crippen LogP contribution in [0.3, 0.4) is 0 Å². The Morgan fingerprint density at radius 1 is 1.13 bits per heavy atom. The van der Waals surface area contributed by atoms with E-state index in [0.29, 0.717) is 22.5 Å². The molecular weight excluding hydrogens is 432 g/mol. The summed E-state index contributed by atoms with van der Waals surface area (Å²) < 4.78 is 5.81. The molecule has 1 heterocycles.